The molecule has 1 atom stereocenters. The molecule has 2 heterocycles. The van der Waals surface area contributed by atoms with Gasteiger partial charge in [0, 0.05) is 13.1 Å². The third-order valence-electron chi connectivity index (χ3n) is 3.26. The topological polar surface area (TPSA) is 36.4 Å². The lowest BCUT2D eigenvalue weighted by Crippen LogP contribution is -2.37. The van der Waals surface area contributed by atoms with Crippen LogP contribution in [0.1, 0.15) is 19.8 Å². The maximum atomic E-state index is 12.7. The van der Waals surface area contributed by atoms with Crippen molar-refractivity contribution in [3.05, 3.63) is 24.1 Å². The van der Waals surface area contributed by atoms with Gasteiger partial charge in [0.25, 0.3) is 0 Å². The first-order valence-electron chi connectivity index (χ1n) is 5.71. The van der Waals surface area contributed by atoms with Gasteiger partial charge in [-0.3, -0.25) is 0 Å². The molecule has 1 aromatic rings. The molecule has 1 fully saturated rings. The summed E-state index contributed by atoms with van der Waals surface area (Å²) in [5.41, 5.74) is 0. The molecule has 2 rings (SSSR count). The number of hydrogen-bond donors (Lipinski definition) is 1. The standard InChI is InChI=1S/C12H17FN2O/c1-9(16)10-4-6-15(7-5-10)12-3-2-11(13)8-14-12/h2-3,8-10,16H,4-7H2,1H3. The van der Waals surface area contributed by atoms with Gasteiger partial charge in [-0.25, -0.2) is 9.37 Å². The van der Waals surface area contributed by atoms with E-state index in [1.165, 1.54) is 12.3 Å². The van der Waals surface area contributed by atoms with Crippen molar-refractivity contribution < 1.29 is 9.50 Å². The van der Waals surface area contributed by atoms with E-state index in [1.54, 1.807) is 6.07 Å². The van der Waals surface area contributed by atoms with Crippen LogP contribution in [0.5, 0.6) is 0 Å². The zero-order valence-electron chi connectivity index (χ0n) is 9.43. The highest BCUT2D eigenvalue weighted by molar-refractivity contribution is 5.38. The second-order valence-corrected chi connectivity index (χ2v) is 4.40. The highest BCUT2D eigenvalue weighted by atomic mass is 19.1. The molecule has 1 aromatic heterocycles. The lowest BCUT2D eigenvalue weighted by Gasteiger charge is -2.33. The summed E-state index contributed by atoms with van der Waals surface area (Å²) in [6.07, 6.45) is 2.95. The summed E-state index contributed by atoms with van der Waals surface area (Å²) < 4.78 is 12.7. The van der Waals surface area contributed by atoms with Gasteiger partial charge in [0.05, 0.1) is 12.3 Å². The Morgan fingerprint density at radius 3 is 2.62 bits per heavy atom. The predicted molar refractivity (Wildman–Crippen MR) is 60.8 cm³/mol. The molecule has 1 aliphatic rings. The molecule has 1 aliphatic heterocycles. The molecular formula is C12H17FN2O. The highest BCUT2D eigenvalue weighted by Crippen LogP contribution is 2.23. The third-order valence-corrected chi connectivity index (χ3v) is 3.26. The lowest BCUT2D eigenvalue weighted by atomic mass is 9.92. The van der Waals surface area contributed by atoms with Crippen molar-refractivity contribution in [1.29, 1.82) is 0 Å². The van der Waals surface area contributed by atoms with E-state index >= 15 is 0 Å². The van der Waals surface area contributed by atoms with Gasteiger partial charge in [-0.1, -0.05) is 0 Å². The first-order chi connectivity index (χ1) is 7.66. The van der Waals surface area contributed by atoms with Crippen LogP contribution in [0.4, 0.5) is 10.2 Å². The predicted octanol–water partition coefficient (Wildman–Crippen LogP) is 1.82. The molecule has 1 unspecified atom stereocenters. The van der Waals surface area contributed by atoms with E-state index in [0.29, 0.717) is 5.92 Å². The van der Waals surface area contributed by atoms with Crippen molar-refractivity contribution in [3.8, 4) is 0 Å². The van der Waals surface area contributed by atoms with Crippen LogP contribution in [-0.4, -0.2) is 29.3 Å². The Kier molecular flexibility index (Phi) is 3.39. The average molecular weight is 224 g/mol. The fraction of sp³-hybridized carbons (Fsp3) is 0.583. The summed E-state index contributed by atoms with van der Waals surface area (Å²) in [5, 5.41) is 9.49. The molecule has 0 aliphatic carbocycles. The Labute approximate surface area is 94.9 Å². The molecule has 0 aromatic carbocycles. The third kappa shape index (κ3) is 2.50. The van der Waals surface area contributed by atoms with Gasteiger partial charge < -0.3 is 10.0 Å². The minimum Gasteiger partial charge on any atom is -0.393 e. The minimum absolute atomic E-state index is 0.233. The fourth-order valence-corrected chi connectivity index (χ4v) is 2.17. The van der Waals surface area contributed by atoms with Crippen LogP contribution in [-0.2, 0) is 0 Å². The summed E-state index contributed by atoms with van der Waals surface area (Å²) in [6.45, 7) is 3.61. The SMILES string of the molecule is CC(O)C1CCN(c2ccc(F)cn2)CC1. The number of anilines is 1. The molecule has 88 valence electrons. The minimum atomic E-state index is -0.303. The Bertz CT molecular complexity index is 331. The van der Waals surface area contributed by atoms with Gasteiger partial charge >= 0.3 is 0 Å². The molecule has 16 heavy (non-hydrogen) atoms. The Balaban J connectivity index is 1.96. The van der Waals surface area contributed by atoms with Crippen LogP contribution >= 0.6 is 0 Å². The first-order valence-corrected chi connectivity index (χ1v) is 5.71. The van der Waals surface area contributed by atoms with Crippen molar-refractivity contribution in [2.75, 3.05) is 18.0 Å². The van der Waals surface area contributed by atoms with Crippen molar-refractivity contribution in [1.82, 2.24) is 4.98 Å². The van der Waals surface area contributed by atoms with E-state index in [-0.39, 0.29) is 11.9 Å². The van der Waals surface area contributed by atoms with Crippen LogP contribution in [0.25, 0.3) is 0 Å². The molecule has 1 N–H and O–H groups in total. The van der Waals surface area contributed by atoms with Crippen LogP contribution in [0.2, 0.25) is 0 Å². The lowest BCUT2D eigenvalue weighted by molar-refractivity contribution is 0.110. The van der Waals surface area contributed by atoms with E-state index < -0.39 is 0 Å². The van der Waals surface area contributed by atoms with Gasteiger partial charge in [0.15, 0.2) is 0 Å². The zero-order valence-corrected chi connectivity index (χ0v) is 9.43. The summed E-state index contributed by atoms with van der Waals surface area (Å²) in [5.74, 6) is 0.907. The summed E-state index contributed by atoms with van der Waals surface area (Å²) >= 11 is 0. The highest BCUT2D eigenvalue weighted by Gasteiger charge is 2.23. The number of piperidine rings is 1. The van der Waals surface area contributed by atoms with Gasteiger partial charge in [-0.2, -0.15) is 0 Å². The van der Waals surface area contributed by atoms with Gasteiger partial charge in [0.1, 0.15) is 11.6 Å². The largest absolute Gasteiger partial charge is 0.393 e. The molecule has 0 bridgehead atoms. The van der Waals surface area contributed by atoms with Crippen LogP contribution < -0.4 is 4.90 Å². The normalized spacial score (nSPS) is 19.8. The number of aromatic nitrogens is 1. The molecule has 0 amide bonds. The van der Waals surface area contributed by atoms with Crippen molar-refractivity contribution in [2.45, 2.75) is 25.9 Å². The van der Waals surface area contributed by atoms with E-state index in [4.69, 9.17) is 0 Å². The maximum Gasteiger partial charge on any atom is 0.141 e. The summed E-state index contributed by atoms with van der Waals surface area (Å²) in [7, 11) is 0. The monoisotopic (exact) mass is 224 g/mol. The van der Waals surface area contributed by atoms with Crippen molar-refractivity contribution in [3.63, 3.8) is 0 Å². The molecule has 1 saturated heterocycles. The number of pyridine rings is 1. The Morgan fingerprint density at radius 1 is 1.44 bits per heavy atom. The number of rotatable bonds is 2. The molecule has 0 radical (unpaired) electrons. The quantitative estimate of drug-likeness (QED) is 0.832. The van der Waals surface area contributed by atoms with E-state index in [9.17, 15) is 9.50 Å². The number of aliphatic hydroxyl groups is 1. The van der Waals surface area contributed by atoms with Gasteiger partial charge in [-0.05, 0) is 37.8 Å². The van der Waals surface area contributed by atoms with Crippen LogP contribution in [0.3, 0.4) is 0 Å². The molecule has 0 saturated carbocycles. The fourth-order valence-electron chi connectivity index (χ4n) is 2.17. The molecule has 0 spiro atoms. The molecule has 4 heteroatoms. The van der Waals surface area contributed by atoms with Crippen molar-refractivity contribution >= 4 is 5.82 Å². The molecule has 3 nitrogen and oxygen atoms in total. The number of aliphatic hydroxyl groups excluding tert-OH is 1. The van der Waals surface area contributed by atoms with Crippen LogP contribution in [0.15, 0.2) is 18.3 Å². The van der Waals surface area contributed by atoms with E-state index in [1.807, 2.05) is 6.92 Å². The van der Waals surface area contributed by atoms with Gasteiger partial charge in [-0.15, -0.1) is 0 Å². The number of halogens is 1. The Morgan fingerprint density at radius 2 is 2.12 bits per heavy atom. The van der Waals surface area contributed by atoms with Crippen LogP contribution in [0, 0.1) is 11.7 Å². The van der Waals surface area contributed by atoms with E-state index in [0.717, 1.165) is 31.7 Å². The maximum absolute atomic E-state index is 12.7. The second kappa shape index (κ2) is 4.78. The smallest absolute Gasteiger partial charge is 0.141 e. The Hall–Kier alpha value is -1.16. The van der Waals surface area contributed by atoms with Gasteiger partial charge in [0.2, 0.25) is 0 Å². The van der Waals surface area contributed by atoms with E-state index in [2.05, 4.69) is 9.88 Å². The number of nitrogens with zero attached hydrogens (tertiary/aromatic N) is 2. The molecular weight excluding hydrogens is 207 g/mol. The first kappa shape index (κ1) is 11.3. The number of hydrogen-bond acceptors (Lipinski definition) is 3. The summed E-state index contributed by atoms with van der Waals surface area (Å²) in [6, 6.07) is 3.14. The zero-order chi connectivity index (χ0) is 11.5. The van der Waals surface area contributed by atoms with Crippen molar-refractivity contribution in [2.24, 2.45) is 5.92 Å². The summed E-state index contributed by atoms with van der Waals surface area (Å²) in [4.78, 5) is 6.20. The second-order valence-electron chi connectivity index (χ2n) is 4.40. The average Bonchev–Trinajstić information content (AvgIpc) is 2.30.